The fraction of sp³-hybridized carbons (Fsp3) is 0.750. The molecular weight excluding hydrogens is 441 g/mol. The lowest BCUT2D eigenvalue weighted by Gasteiger charge is -2.54. The van der Waals surface area contributed by atoms with Gasteiger partial charge in [0, 0.05) is 12.5 Å². The standard InChI is InChI=1S/C20H28Cl3NO5/c1-4-7-10-18-11-8-14(24(18)17(27)29-13-20(21,22)23)12-15(25)19(18,9-5-2)16(26)28-6-3/h5,14H,2,4,6-13H2,1,3H3/t14-,18+,19+/m0/s1. The highest BCUT2D eigenvalue weighted by molar-refractivity contribution is 6.67. The molecule has 0 aromatic heterocycles. The second-order valence-electron chi connectivity index (χ2n) is 7.61. The number of unbranched alkanes of at least 4 members (excludes halogenated alkanes) is 1. The van der Waals surface area contributed by atoms with Crippen molar-refractivity contribution in [2.24, 2.45) is 5.41 Å². The van der Waals surface area contributed by atoms with Crippen LogP contribution in [-0.4, -0.2) is 51.3 Å². The lowest BCUT2D eigenvalue weighted by Crippen LogP contribution is -2.70. The van der Waals surface area contributed by atoms with E-state index >= 15 is 0 Å². The SMILES string of the molecule is C=CC[C@]1(C(=O)OCC)C(=O)C[C@@H]2CC[C@@]1(CCCC)N2C(=O)OCC(Cl)(Cl)Cl. The lowest BCUT2D eigenvalue weighted by molar-refractivity contribution is -0.176. The Balaban J connectivity index is 2.56. The maximum atomic E-state index is 13.3. The number of rotatable bonds is 8. The first-order valence-corrected chi connectivity index (χ1v) is 11.1. The van der Waals surface area contributed by atoms with Crippen LogP contribution in [0.15, 0.2) is 12.7 Å². The number of Topliss-reactive ketones (excluding diaryl/α,β-unsaturated/α-hetero) is 1. The van der Waals surface area contributed by atoms with Crippen molar-refractivity contribution in [3.63, 3.8) is 0 Å². The first kappa shape index (κ1) is 24.3. The van der Waals surface area contributed by atoms with Gasteiger partial charge in [0.05, 0.1) is 12.1 Å². The Morgan fingerprint density at radius 1 is 1.31 bits per heavy atom. The van der Waals surface area contributed by atoms with Gasteiger partial charge in [0.1, 0.15) is 6.61 Å². The lowest BCUT2D eigenvalue weighted by atomic mass is 9.59. The van der Waals surface area contributed by atoms with E-state index in [-0.39, 0.29) is 31.3 Å². The summed E-state index contributed by atoms with van der Waals surface area (Å²) in [5.41, 5.74) is -2.56. The molecule has 6 nitrogen and oxygen atoms in total. The molecule has 0 aromatic rings. The van der Waals surface area contributed by atoms with Crippen LogP contribution in [0.25, 0.3) is 0 Å². The Hall–Kier alpha value is -0.980. The fourth-order valence-electron chi connectivity index (χ4n) is 4.89. The van der Waals surface area contributed by atoms with Crippen molar-refractivity contribution >= 4 is 52.6 Å². The summed E-state index contributed by atoms with van der Waals surface area (Å²) in [4.78, 5) is 41.2. The largest absolute Gasteiger partial charge is 0.465 e. The van der Waals surface area contributed by atoms with E-state index in [1.54, 1.807) is 17.9 Å². The molecular formula is C20H28Cl3NO5. The second-order valence-corrected chi connectivity index (χ2v) is 10.1. The van der Waals surface area contributed by atoms with Crippen molar-refractivity contribution in [3.8, 4) is 0 Å². The minimum atomic E-state index is -1.75. The molecule has 0 N–H and O–H groups in total. The molecule has 2 aliphatic heterocycles. The zero-order chi connectivity index (χ0) is 21.9. The van der Waals surface area contributed by atoms with E-state index in [2.05, 4.69) is 6.58 Å². The highest BCUT2D eigenvalue weighted by Gasteiger charge is 2.71. The Morgan fingerprint density at radius 3 is 2.55 bits per heavy atom. The first-order chi connectivity index (χ1) is 13.6. The molecule has 0 unspecified atom stereocenters. The molecule has 0 aliphatic carbocycles. The number of carbonyl (C=O) groups is 3. The number of nitrogens with zero attached hydrogens (tertiary/aromatic N) is 1. The number of hydrogen-bond donors (Lipinski definition) is 0. The van der Waals surface area contributed by atoms with Crippen molar-refractivity contribution in [2.75, 3.05) is 13.2 Å². The van der Waals surface area contributed by atoms with Gasteiger partial charge in [-0.2, -0.15) is 0 Å². The minimum absolute atomic E-state index is 0.0589. The van der Waals surface area contributed by atoms with Gasteiger partial charge in [-0.05, 0) is 32.6 Å². The van der Waals surface area contributed by atoms with Crippen molar-refractivity contribution in [1.82, 2.24) is 4.90 Å². The summed E-state index contributed by atoms with van der Waals surface area (Å²) in [6.45, 7) is 7.17. The molecule has 2 heterocycles. The van der Waals surface area contributed by atoms with Crippen molar-refractivity contribution in [2.45, 2.75) is 74.2 Å². The van der Waals surface area contributed by atoms with Crippen LogP contribution in [-0.2, 0) is 19.1 Å². The van der Waals surface area contributed by atoms with E-state index < -0.39 is 33.4 Å². The summed E-state index contributed by atoms with van der Waals surface area (Å²) < 4.78 is 8.88. The zero-order valence-electron chi connectivity index (χ0n) is 16.8. The molecule has 3 atom stereocenters. The van der Waals surface area contributed by atoms with Gasteiger partial charge in [0.25, 0.3) is 0 Å². The molecule has 9 heteroatoms. The maximum absolute atomic E-state index is 13.3. The predicted octanol–water partition coefficient (Wildman–Crippen LogP) is 4.99. The highest BCUT2D eigenvalue weighted by atomic mass is 35.6. The van der Waals surface area contributed by atoms with Gasteiger partial charge in [-0.1, -0.05) is 60.6 Å². The molecule has 2 fully saturated rings. The summed E-state index contributed by atoms with van der Waals surface area (Å²) >= 11 is 17.2. The van der Waals surface area contributed by atoms with E-state index in [1.807, 2.05) is 6.92 Å². The van der Waals surface area contributed by atoms with Crippen molar-refractivity contribution < 1.29 is 23.9 Å². The summed E-state index contributed by atoms with van der Waals surface area (Å²) in [5.74, 6) is -0.819. The molecule has 2 rings (SSSR count). The summed E-state index contributed by atoms with van der Waals surface area (Å²) in [7, 11) is 0. The number of alkyl halides is 3. The number of allylic oxidation sites excluding steroid dienone is 1. The number of hydrogen-bond acceptors (Lipinski definition) is 5. The topological polar surface area (TPSA) is 72.9 Å². The predicted molar refractivity (Wildman–Crippen MR) is 112 cm³/mol. The van der Waals surface area contributed by atoms with Crippen LogP contribution in [0.3, 0.4) is 0 Å². The number of ketones is 1. The smallest absolute Gasteiger partial charge is 0.410 e. The average Bonchev–Trinajstić information content (AvgIpc) is 2.95. The number of carbonyl (C=O) groups excluding carboxylic acids is 3. The number of fused-ring (bicyclic) bond motifs is 2. The monoisotopic (exact) mass is 467 g/mol. The quantitative estimate of drug-likeness (QED) is 0.217. The number of amides is 1. The Bertz CT molecular complexity index is 665. The summed E-state index contributed by atoms with van der Waals surface area (Å²) in [5, 5.41) is 0. The first-order valence-electron chi connectivity index (χ1n) is 9.94. The Morgan fingerprint density at radius 2 is 2.00 bits per heavy atom. The molecule has 0 radical (unpaired) electrons. The van der Waals surface area contributed by atoms with E-state index in [1.165, 1.54) is 0 Å². The van der Waals surface area contributed by atoms with Crippen LogP contribution in [0.1, 0.15) is 58.8 Å². The molecule has 0 saturated carbocycles. The van der Waals surface area contributed by atoms with Crippen LogP contribution >= 0.6 is 34.8 Å². The van der Waals surface area contributed by atoms with Gasteiger partial charge < -0.3 is 9.47 Å². The Kier molecular flexibility index (Phi) is 7.91. The Labute approximate surface area is 186 Å². The minimum Gasteiger partial charge on any atom is -0.465 e. The third kappa shape index (κ3) is 4.40. The van der Waals surface area contributed by atoms with Crippen molar-refractivity contribution in [1.29, 1.82) is 0 Å². The van der Waals surface area contributed by atoms with E-state index in [0.29, 0.717) is 19.3 Å². The summed E-state index contributed by atoms with van der Waals surface area (Å²) in [6, 6.07) is -0.352. The normalized spacial score (nSPS) is 28.9. The van der Waals surface area contributed by atoms with Crippen LogP contribution in [0.4, 0.5) is 4.79 Å². The van der Waals surface area contributed by atoms with Gasteiger partial charge >= 0.3 is 12.1 Å². The number of piperidine rings is 1. The van der Waals surface area contributed by atoms with Gasteiger partial charge in [-0.3, -0.25) is 14.5 Å². The van der Waals surface area contributed by atoms with E-state index in [0.717, 1.165) is 12.8 Å². The molecule has 0 spiro atoms. The number of ether oxygens (including phenoxy) is 2. The van der Waals surface area contributed by atoms with Crippen LogP contribution in [0.2, 0.25) is 0 Å². The molecule has 164 valence electrons. The highest BCUT2D eigenvalue weighted by Crippen LogP contribution is 2.57. The van der Waals surface area contributed by atoms with Crippen LogP contribution < -0.4 is 0 Å². The third-order valence-electron chi connectivity index (χ3n) is 5.98. The van der Waals surface area contributed by atoms with Crippen LogP contribution in [0.5, 0.6) is 0 Å². The average molecular weight is 469 g/mol. The molecule has 2 bridgehead atoms. The third-order valence-corrected chi connectivity index (χ3v) is 6.31. The van der Waals surface area contributed by atoms with Gasteiger partial charge in [0.15, 0.2) is 11.2 Å². The fourth-order valence-corrected chi connectivity index (χ4v) is 5.05. The van der Waals surface area contributed by atoms with Gasteiger partial charge in [-0.25, -0.2) is 4.79 Å². The van der Waals surface area contributed by atoms with Crippen LogP contribution in [0, 0.1) is 5.41 Å². The number of esters is 1. The maximum Gasteiger partial charge on any atom is 0.410 e. The summed E-state index contributed by atoms with van der Waals surface area (Å²) in [6.07, 6.45) is 4.15. The second kappa shape index (κ2) is 9.44. The van der Waals surface area contributed by atoms with Gasteiger partial charge in [0.2, 0.25) is 3.79 Å². The molecule has 1 amide bonds. The van der Waals surface area contributed by atoms with E-state index in [9.17, 15) is 14.4 Å². The molecule has 0 aromatic carbocycles. The van der Waals surface area contributed by atoms with Crippen molar-refractivity contribution in [3.05, 3.63) is 12.7 Å². The molecule has 29 heavy (non-hydrogen) atoms. The number of halogens is 3. The molecule has 2 aliphatic rings. The van der Waals surface area contributed by atoms with E-state index in [4.69, 9.17) is 44.3 Å². The zero-order valence-corrected chi connectivity index (χ0v) is 19.1. The molecule has 2 saturated heterocycles. The van der Waals surface area contributed by atoms with Gasteiger partial charge in [-0.15, -0.1) is 6.58 Å².